The van der Waals surface area contributed by atoms with Crippen molar-refractivity contribution in [2.75, 3.05) is 0 Å². The van der Waals surface area contributed by atoms with E-state index in [0.717, 1.165) is 5.56 Å². The van der Waals surface area contributed by atoms with Crippen LogP contribution in [0.3, 0.4) is 0 Å². The molecule has 20 heavy (non-hydrogen) atoms. The molecule has 102 valence electrons. The predicted octanol–water partition coefficient (Wildman–Crippen LogP) is 4.02. The van der Waals surface area contributed by atoms with E-state index in [1.165, 1.54) is 6.07 Å². The summed E-state index contributed by atoms with van der Waals surface area (Å²) in [5.41, 5.74) is 0.0153. The average Bonchev–Trinajstić information content (AvgIpc) is 2.86. The maximum Gasteiger partial charge on any atom is 0.170 e. The maximum atomic E-state index is 13.6. The number of halogens is 1. The monoisotopic (exact) mass is 270 g/mol. The summed E-state index contributed by atoms with van der Waals surface area (Å²) in [4.78, 5) is 0. The topological polar surface area (TPSA) is 33.4 Å². The van der Waals surface area contributed by atoms with Crippen LogP contribution in [0.15, 0.2) is 59.0 Å². The second kappa shape index (κ2) is 4.76. The molecule has 1 N–H and O–H groups in total. The van der Waals surface area contributed by atoms with E-state index < -0.39 is 11.4 Å². The first kappa shape index (κ1) is 12.9. The van der Waals surface area contributed by atoms with Gasteiger partial charge < -0.3 is 9.52 Å². The number of fused-ring (bicyclic) bond motifs is 1. The molecule has 1 aromatic heterocycles. The SMILES string of the molecule is CC(O)(Cc1ccccc1)c1cc2cccc(F)c2o1. The Balaban J connectivity index is 1.98. The molecule has 0 bridgehead atoms. The molecule has 0 saturated heterocycles. The molecular weight excluding hydrogens is 255 g/mol. The van der Waals surface area contributed by atoms with E-state index in [1.807, 2.05) is 30.3 Å². The van der Waals surface area contributed by atoms with Crippen LogP contribution in [-0.2, 0) is 12.0 Å². The Morgan fingerprint density at radius 1 is 1.10 bits per heavy atom. The minimum absolute atomic E-state index is 0.191. The molecule has 1 heterocycles. The van der Waals surface area contributed by atoms with Gasteiger partial charge in [0.25, 0.3) is 0 Å². The van der Waals surface area contributed by atoms with Crippen molar-refractivity contribution in [3.05, 3.63) is 71.7 Å². The van der Waals surface area contributed by atoms with Crippen LogP contribution in [0.1, 0.15) is 18.2 Å². The highest BCUT2D eigenvalue weighted by atomic mass is 19.1. The third-order valence-corrected chi connectivity index (χ3v) is 3.42. The first-order chi connectivity index (χ1) is 9.56. The van der Waals surface area contributed by atoms with Gasteiger partial charge >= 0.3 is 0 Å². The summed E-state index contributed by atoms with van der Waals surface area (Å²) in [5.74, 6) is -0.0364. The van der Waals surface area contributed by atoms with Gasteiger partial charge in [-0.05, 0) is 24.6 Å². The number of furan rings is 1. The van der Waals surface area contributed by atoms with Crippen LogP contribution in [-0.4, -0.2) is 5.11 Å². The van der Waals surface area contributed by atoms with Crippen LogP contribution in [0.2, 0.25) is 0 Å². The molecule has 3 rings (SSSR count). The molecule has 0 aliphatic rings. The molecule has 0 radical (unpaired) electrons. The number of rotatable bonds is 3. The van der Waals surface area contributed by atoms with Crippen LogP contribution in [0.4, 0.5) is 4.39 Å². The highest BCUT2D eigenvalue weighted by Crippen LogP contribution is 2.31. The molecule has 0 saturated carbocycles. The van der Waals surface area contributed by atoms with Crippen molar-refractivity contribution < 1.29 is 13.9 Å². The number of hydrogen-bond donors (Lipinski definition) is 1. The largest absolute Gasteiger partial charge is 0.455 e. The Morgan fingerprint density at radius 2 is 1.85 bits per heavy atom. The van der Waals surface area contributed by atoms with Gasteiger partial charge in [-0.2, -0.15) is 0 Å². The zero-order chi connectivity index (χ0) is 14.2. The van der Waals surface area contributed by atoms with E-state index >= 15 is 0 Å². The molecule has 0 amide bonds. The molecule has 1 unspecified atom stereocenters. The molecular formula is C17H15FO2. The van der Waals surface area contributed by atoms with Crippen molar-refractivity contribution in [1.82, 2.24) is 0 Å². The lowest BCUT2D eigenvalue weighted by Crippen LogP contribution is -2.23. The maximum absolute atomic E-state index is 13.6. The zero-order valence-electron chi connectivity index (χ0n) is 11.1. The van der Waals surface area contributed by atoms with Gasteiger partial charge in [-0.3, -0.25) is 0 Å². The zero-order valence-corrected chi connectivity index (χ0v) is 11.1. The van der Waals surface area contributed by atoms with Gasteiger partial charge in [-0.15, -0.1) is 0 Å². The van der Waals surface area contributed by atoms with E-state index in [-0.39, 0.29) is 5.58 Å². The first-order valence-corrected chi connectivity index (χ1v) is 6.51. The molecule has 0 aliphatic heterocycles. The second-order valence-electron chi connectivity index (χ2n) is 5.21. The summed E-state index contributed by atoms with van der Waals surface area (Å²) >= 11 is 0. The van der Waals surface area contributed by atoms with Crippen molar-refractivity contribution in [2.24, 2.45) is 0 Å². The number of aliphatic hydroxyl groups is 1. The van der Waals surface area contributed by atoms with E-state index in [1.54, 1.807) is 25.1 Å². The van der Waals surface area contributed by atoms with Gasteiger partial charge in [0.05, 0.1) is 0 Å². The van der Waals surface area contributed by atoms with Crippen molar-refractivity contribution in [2.45, 2.75) is 18.9 Å². The molecule has 2 aromatic carbocycles. The van der Waals surface area contributed by atoms with Gasteiger partial charge in [0, 0.05) is 11.8 Å². The highest BCUT2D eigenvalue weighted by molar-refractivity contribution is 5.78. The smallest absolute Gasteiger partial charge is 0.170 e. The Hall–Kier alpha value is -2.13. The normalized spacial score (nSPS) is 14.3. The Kier molecular flexibility index (Phi) is 3.07. The Labute approximate surface area is 116 Å². The van der Waals surface area contributed by atoms with Crippen LogP contribution >= 0.6 is 0 Å². The van der Waals surface area contributed by atoms with Gasteiger partial charge in [-0.25, -0.2) is 4.39 Å². The number of benzene rings is 2. The van der Waals surface area contributed by atoms with E-state index in [4.69, 9.17) is 4.42 Å². The lowest BCUT2D eigenvalue weighted by Gasteiger charge is -2.20. The van der Waals surface area contributed by atoms with Crippen molar-refractivity contribution in [3.63, 3.8) is 0 Å². The van der Waals surface area contributed by atoms with Crippen LogP contribution in [0.25, 0.3) is 11.0 Å². The average molecular weight is 270 g/mol. The first-order valence-electron chi connectivity index (χ1n) is 6.51. The fourth-order valence-electron chi connectivity index (χ4n) is 2.37. The third-order valence-electron chi connectivity index (χ3n) is 3.42. The molecule has 0 aliphatic carbocycles. The van der Waals surface area contributed by atoms with Gasteiger partial charge in [0.1, 0.15) is 11.4 Å². The minimum Gasteiger partial charge on any atom is -0.455 e. The molecule has 0 fully saturated rings. The number of hydrogen-bond acceptors (Lipinski definition) is 2. The van der Waals surface area contributed by atoms with E-state index in [2.05, 4.69) is 0 Å². The summed E-state index contributed by atoms with van der Waals surface area (Å²) in [7, 11) is 0. The minimum atomic E-state index is -1.17. The van der Waals surface area contributed by atoms with Crippen molar-refractivity contribution in [3.8, 4) is 0 Å². The molecule has 0 spiro atoms. The summed E-state index contributed by atoms with van der Waals surface area (Å²) in [6.45, 7) is 1.68. The lowest BCUT2D eigenvalue weighted by molar-refractivity contribution is 0.0359. The van der Waals surface area contributed by atoms with Crippen molar-refractivity contribution >= 4 is 11.0 Å². The summed E-state index contributed by atoms with van der Waals surface area (Å²) < 4.78 is 19.2. The molecule has 2 nitrogen and oxygen atoms in total. The van der Waals surface area contributed by atoms with Crippen molar-refractivity contribution in [1.29, 1.82) is 0 Å². The standard InChI is InChI=1S/C17H15FO2/c1-17(19,11-12-6-3-2-4-7-12)15-10-13-8-5-9-14(18)16(13)20-15/h2-10,19H,11H2,1H3. The van der Waals surface area contributed by atoms with Crippen LogP contribution < -0.4 is 0 Å². The fourth-order valence-corrected chi connectivity index (χ4v) is 2.37. The van der Waals surface area contributed by atoms with E-state index in [9.17, 15) is 9.50 Å². The van der Waals surface area contributed by atoms with Crippen LogP contribution in [0, 0.1) is 5.82 Å². The molecule has 3 heteroatoms. The van der Waals surface area contributed by atoms with Gasteiger partial charge in [0.15, 0.2) is 11.4 Å². The third kappa shape index (κ3) is 2.32. The van der Waals surface area contributed by atoms with Gasteiger partial charge in [-0.1, -0.05) is 42.5 Å². The lowest BCUT2D eigenvalue weighted by atomic mass is 9.94. The molecule has 1 atom stereocenters. The second-order valence-corrected chi connectivity index (χ2v) is 5.21. The van der Waals surface area contributed by atoms with Gasteiger partial charge in [0.2, 0.25) is 0 Å². The summed E-state index contributed by atoms with van der Waals surface area (Å²) in [5, 5.41) is 11.3. The highest BCUT2D eigenvalue weighted by Gasteiger charge is 2.28. The summed E-state index contributed by atoms with van der Waals surface area (Å²) in [6, 6.07) is 16.1. The Bertz CT molecular complexity index is 729. The fraction of sp³-hybridized carbons (Fsp3) is 0.176. The quantitative estimate of drug-likeness (QED) is 0.779. The van der Waals surface area contributed by atoms with Crippen LogP contribution in [0.5, 0.6) is 0 Å². The molecule has 3 aromatic rings. The summed E-state index contributed by atoms with van der Waals surface area (Å²) in [6.07, 6.45) is 0.412. The van der Waals surface area contributed by atoms with E-state index in [0.29, 0.717) is 17.6 Å². The Morgan fingerprint density at radius 3 is 2.55 bits per heavy atom. The number of para-hydroxylation sites is 1. The predicted molar refractivity (Wildman–Crippen MR) is 75.9 cm³/mol.